The largest absolute Gasteiger partial charge is 0.748 e. The summed E-state index contributed by atoms with van der Waals surface area (Å²) in [6.45, 7) is 7.66. The summed E-state index contributed by atoms with van der Waals surface area (Å²) in [7, 11) is -9.52. The molecule has 0 aromatic heterocycles. The van der Waals surface area contributed by atoms with E-state index in [9.17, 15) is 50.2 Å². The van der Waals surface area contributed by atoms with E-state index in [2.05, 4.69) is 15.6 Å². The number of hydrogen-bond donors (Lipinski definition) is 4. The van der Waals surface area contributed by atoms with Crippen molar-refractivity contribution >= 4 is 66.3 Å². The SMILES string of the molecule is CC1(C)C=C(CS(=O)(=O)[O-])c2cc3c(cc2N1)Oc1cc2c(cc1=C3c1ccc(C(=O)NCCCCCN3C(=O)C=CC3=O)cc1C(=O)O)C(CS(=O)(=O)[O-])=CC(C)(C)[NH+]=2. The molecule has 0 bridgehead atoms. The third-order valence-corrected chi connectivity index (χ3v) is 11.7. The van der Waals surface area contributed by atoms with Gasteiger partial charge in [-0.2, -0.15) is 0 Å². The molecule has 0 saturated heterocycles. The zero-order valence-electron chi connectivity index (χ0n) is 33.0. The minimum absolute atomic E-state index is 0.0362. The molecule has 4 aliphatic rings. The van der Waals surface area contributed by atoms with E-state index in [1.54, 1.807) is 64.1 Å². The monoisotopic (exact) mass is 857 g/mol. The topological polar surface area (TPSA) is 253 Å². The summed E-state index contributed by atoms with van der Waals surface area (Å²) in [5.41, 5.74) is 0.458. The Hall–Kier alpha value is -5.95. The van der Waals surface area contributed by atoms with Crippen LogP contribution in [-0.2, 0) is 29.8 Å². The lowest BCUT2D eigenvalue weighted by Crippen LogP contribution is -2.89. The van der Waals surface area contributed by atoms with Crippen molar-refractivity contribution in [2.75, 3.05) is 29.9 Å². The normalized spacial score (nSPS) is 17.2. The number of ether oxygens (including phenoxy) is 1. The van der Waals surface area contributed by atoms with Crippen molar-refractivity contribution in [3.05, 3.63) is 111 Å². The maximum absolute atomic E-state index is 13.3. The van der Waals surface area contributed by atoms with Gasteiger partial charge >= 0.3 is 5.97 Å². The molecule has 4 N–H and O–H groups in total. The van der Waals surface area contributed by atoms with E-state index in [1.807, 2.05) is 0 Å². The molecule has 0 saturated carbocycles. The highest BCUT2D eigenvalue weighted by molar-refractivity contribution is 7.86. The molecule has 314 valence electrons. The predicted octanol–water partition coefficient (Wildman–Crippen LogP) is 1.12. The maximum atomic E-state index is 13.3. The third-order valence-electron chi connectivity index (χ3n) is 10.4. The third kappa shape index (κ3) is 8.96. The summed E-state index contributed by atoms with van der Waals surface area (Å²) in [6.07, 6.45) is 7.32. The Balaban J connectivity index is 1.33. The van der Waals surface area contributed by atoms with Gasteiger partial charge in [-0.15, -0.1) is 0 Å². The molecule has 3 amide bonds. The molecule has 3 aromatic carbocycles. The minimum atomic E-state index is -4.76. The van der Waals surface area contributed by atoms with Gasteiger partial charge in [-0.1, -0.05) is 12.1 Å². The molecule has 4 heterocycles. The number of carboxylic acids is 1. The first kappa shape index (κ1) is 42.2. The Morgan fingerprint density at radius 3 is 2.13 bits per heavy atom. The summed E-state index contributed by atoms with van der Waals surface area (Å²) in [5.74, 6) is -3.86. The molecule has 18 heteroatoms. The van der Waals surface area contributed by atoms with Crippen LogP contribution >= 0.6 is 0 Å². The van der Waals surface area contributed by atoms with Gasteiger partial charge in [0.15, 0.2) is 5.54 Å². The van der Waals surface area contributed by atoms with Crippen molar-refractivity contribution < 1.29 is 60.0 Å². The van der Waals surface area contributed by atoms with E-state index in [4.69, 9.17) is 4.74 Å². The van der Waals surface area contributed by atoms with Crippen LogP contribution < -0.4 is 30.9 Å². The summed E-state index contributed by atoms with van der Waals surface area (Å²) >= 11 is 0. The number of carboxylic acid groups (broad SMARTS) is 1. The van der Waals surface area contributed by atoms with Crippen molar-refractivity contribution in [2.45, 2.75) is 58.0 Å². The predicted molar refractivity (Wildman–Crippen MR) is 216 cm³/mol. The number of imide groups is 1. The summed E-state index contributed by atoms with van der Waals surface area (Å²) in [4.78, 5) is 54.5. The Morgan fingerprint density at radius 2 is 1.48 bits per heavy atom. The number of amides is 3. The Kier molecular flexibility index (Phi) is 10.7. The quantitative estimate of drug-likeness (QED) is 0.0837. The summed E-state index contributed by atoms with van der Waals surface area (Å²) in [6, 6.07) is 10.6. The number of benzene rings is 3. The highest BCUT2D eigenvalue weighted by Gasteiger charge is 2.34. The van der Waals surface area contributed by atoms with Crippen molar-refractivity contribution in [1.29, 1.82) is 0 Å². The van der Waals surface area contributed by atoms with Crippen LogP contribution in [0.5, 0.6) is 11.5 Å². The van der Waals surface area contributed by atoms with Gasteiger partial charge in [-0.25, -0.2) is 26.6 Å². The fourth-order valence-corrected chi connectivity index (χ4v) is 9.27. The van der Waals surface area contributed by atoms with Crippen LogP contribution in [0.15, 0.2) is 66.8 Å². The second kappa shape index (κ2) is 15.3. The summed E-state index contributed by atoms with van der Waals surface area (Å²) < 4.78 is 79.2. The zero-order valence-corrected chi connectivity index (χ0v) is 34.6. The molecule has 0 unspecified atom stereocenters. The van der Waals surface area contributed by atoms with E-state index >= 15 is 0 Å². The minimum Gasteiger partial charge on any atom is -0.748 e. The number of hydrogen-bond acceptors (Lipinski definition) is 12. The van der Waals surface area contributed by atoms with Gasteiger partial charge in [0.1, 0.15) is 11.5 Å². The molecule has 0 fully saturated rings. The van der Waals surface area contributed by atoms with Crippen LogP contribution in [0.4, 0.5) is 5.69 Å². The Bertz CT molecular complexity index is 2860. The fraction of sp³-hybridized carbons (Fsp3) is 0.310. The van der Waals surface area contributed by atoms with Gasteiger partial charge in [0.2, 0.25) is 5.36 Å². The first-order valence-electron chi connectivity index (χ1n) is 19.0. The molecule has 3 aromatic rings. The van der Waals surface area contributed by atoms with E-state index in [-0.39, 0.29) is 69.8 Å². The fourth-order valence-electron chi connectivity index (χ4n) is 8.03. The molecule has 7 rings (SSSR count). The average Bonchev–Trinajstić information content (AvgIpc) is 3.44. The highest BCUT2D eigenvalue weighted by atomic mass is 32.2. The maximum Gasteiger partial charge on any atom is 0.336 e. The van der Waals surface area contributed by atoms with Gasteiger partial charge in [0, 0.05) is 78.3 Å². The van der Waals surface area contributed by atoms with Crippen molar-refractivity contribution in [3.8, 4) is 11.5 Å². The van der Waals surface area contributed by atoms with Crippen molar-refractivity contribution in [3.63, 3.8) is 0 Å². The van der Waals surface area contributed by atoms with Gasteiger partial charge in [-0.3, -0.25) is 19.3 Å². The van der Waals surface area contributed by atoms with Gasteiger partial charge in [0.25, 0.3) is 17.7 Å². The lowest BCUT2D eigenvalue weighted by atomic mass is 9.84. The van der Waals surface area contributed by atoms with Gasteiger partial charge < -0.3 is 29.6 Å². The lowest BCUT2D eigenvalue weighted by molar-refractivity contribution is -0.568. The molecule has 16 nitrogen and oxygen atoms in total. The summed E-state index contributed by atoms with van der Waals surface area (Å²) in [5, 5.41) is 17.5. The number of nitrogens with zero attached hydrogens (tertiary/aromatic N) is 1. The number of rotatable bonds is 13. The highest BCUT2D eigenvalue weighted by Crippen LogP contribution is 2.45. The number of anilines is 1. The van der Waals surface area contributed by atoms with E-state index in [0.29, 0.717) is 52.2 Å². The Morgan fingerprint density at radius 1 is 0.817 bits per heavy atom. The second-order valence-electron chi connectivity index (χ2n) is 16.2. The van der Waals surface area contributed by atoms with Gasteiger partial charge in [-0.05, 0) is 80.2 Å². The molecular formula is C42H41N4O12S2-. The molecule has 60 heavy (non-hydrogen) atoms. The van der Waals surface area contributed by atoms with Crippen LogP contribution in [0.2, 0.25) is 0 Å². The van der Waals surface area contributed by atoms with Crippen LogP contribution in [0.1, 0.15) is 89.9 Å². The van der Waals surface area contributed by atoms with Crippen LogP contribution in [0.3, 0.4) is 0 Å². The molecule has 0 atom stereocenters. The van der Waals surface area contributed by atoms with Crippen molar-refractivity contribution in [1.82, 2.24) is 10.2 Å². The number of fused-ring (bicyclic) bond motifs is 4. The molecule has 0 aliphatic carbocycles. The van der Waals surface area contributed by atoms with E-state index in [1.165, 1.54) is 30.4 Å². The molecular weight excluding hydrogens is 817 g/mol. The van der Waals surface area contributed by atoms with Gasteiger partial charge in [0.05, 0.1) is 54.5 Å². The second-order valence-corrected chi connectivity index (χ2v) is 19.1. The van der Waals surface area contributed by atoms with E-state index in [0.717, 1.165) is 4.90 Å². The molecule has 0 radical (unpaired) electrons. The van der Waals surface area contributed by atoms with Crippen LogP contribution in [-0.4, -0.2) is 95.3 Å². The number of carbonyl (C=O) groups excluding carboxylic acids is 3. The number of nitrogens with one attached hydrogen (secondary N) is 3. The van der Waals surface area contributed by atoms with Crippen LogP contribution in [0, 0.1) is 0 Å². The number of carbonyl (C=O) groups is 4. The average molecular weight is 858 g/mol. The first-order valence-corrected chi connectivity index (χ1v) is 22.1. The smallest absolute Gasteiger partial charge is 0.336 e. The standard InChI is InChI=1S/C42H42N4O12S2/c1-41(2)19-24(21-59(52,53)54)27-15-30-34(17-32(27)44-41)58-35-18-33-28(25(22-60(55,56)57)20-42(3,4)45-33)16-31(35)38(30)26-9-8-23(14-29(26)40(50)51)39(49)43-12-6-5-7-13-46-36(47)10-11-37(46)48/h8-11,14-20,44H,5-7,12-13,21-22H2,1-4H3,(H,43,49)(H,50,51)(H,52,53,54)(H,55,56,57)/p-1. The molecule has 4 aliphatic heterocycles. The van der Waals surface area contributed by atoms with E-state index < -0.39 is 54.7 Å². The van der Waals surface area contributed by atoms with Crippen LogP contribution in [0.25, 0.3) is 16.7 Å². The van der Waals surface area contributed by atoms with Crippen molar-refractivity contribution in [2.24, 2.45) is 0 Å². The Labute approximate surface area is 345 Å². The number of aromatic carboxylic acids is 1. The number of unbranched alkanes of at least 4 members (excludes halogenated alkanes) is 2. The first-order chi connectivity index (χ1) is 28.0. The molecule has 0 spiro atoms. The zero-order chi connectivity index (χ0) is 43.5. The lowest BCUT2D eigenvalue weighted by Gasteiger charge is -2.34.